The van der Waals surface area contributed by atoms with E-state index in [1.165, 1.54) is 31.4 Å². The lowest BCUT2D eigenvalue weighted by Gasteiger charge is -2.43. The van der Waals surface area contributed by atoms with Crippen molar-refractivity contribution < 1.29 is 4.74 Å². The molecule has 21 heavy (non-hydrogen) atoms. The van der Waals surface area contributed by atoms with Crippen molar-refractivity contribution in [1.82, 2.24) is 15.1 Å². The van der Waals surface area contributed by atoms with Gasteiger partial charge in [0.15, 0.2) is 5.75 Å². The van der Waals surface area contributed by atoms with E-state index in [-0.39, 0.29) is 0 Å². The number of nitrogens with zero attached hydrogens (tertiary/aromatic N) is 2. The van der Waals surface area contributed by atoms with Gasteiger partial charge in [-0.15, -0.1) is 0 Å². The Balaban J connectivity index is 2.35. The molecule has 2 unspecified atom stereocenters. The molecule has 1 aliphatic carbocycles. The summed E-state index contributed by atoms with van der Waals surface area (Å²) in [6, 6.07) is 0.322. The van der Waals surface area contributed by atoms with E-state index in [1.807, 2.05) is 17.9 Å². The van der Waals surface area contributed by atoms with Gasteiger partial charge >= 0.3 is 0 Å². The molecule has 2 atom stereocenters. The van der Waals surface area contributed by atoms with Crippen LogP contribution in [0.5, 0.6) is 5.75 Å². The van der Waals surface area contributed by atoms with E-state index in [4.69, 9.17) is 4.74 Å². The molecule has 0 radical (unpaired) electrons. The fourth-order valence-corrected chi connectivity index (χ4v) is 3.81. The van der Waals surface area contributed by atoms with E-state index in [0.29, 0.717) is 17.4 Å². The van der Waals surface area contributed by atoms with E-state index >= 15 is 0 Å². The minimum atomic E-state index is 0.322. The molecule has 0 aromatic carbocycles. The van der Waals surface area contributed by atoms with Crippen LogP contribution in [0.2, 0.25) is 0 Å². The Bertz CT molecular complexity index is 453. The van der Waals surface area contributed by atoms with Gasteiger partial charge in [-0.1, -0.05) is 33.6 Å². The number of hydrogen-bond acceptors (Lipinski definition) is 3. The van der Waals surface area contributed by atoms with Crippen LogP contribution >= 0.6 is 0 Å². The van der Waals surface area contributed by atoms with Gasteiger partial charge in [0.2, 0.25) is 0 Å². The molecule has 1 aliphatic rings. The molecule has 2 rings (SSSR count). The first kappa shape index (κ1) is 16.3. The SMILES string of the molecule is CCCNC(c1c(OC)cnn1C)C1CCCCC1(C)C. The lowest BCUT2D eigenvalue weighted by atomic mass is 9.65. The number of nitrogens with one attached hydrogen (secondary N) is 1. The lowest BCUT2D eigenvalue weighted by molar-refractivity contribution is 0.0940. The largest absolute Gasteiger partial charge is 0.493 e. The molecule has 0 saturated heterocycles. The van der Waals surface area contributed by atoms with Crippen LogP contribution in [0.15, 0.2) is 6.20 Å². The zero-order chi connectivity index (χ0) is 15.5. The minimum Gasteiger partial charge on any atom is -0.493 e. The molecule has 1 aromatic rings. The van der Waals surface area contributed by atoms with Gasteiger partial charge in [0.05, 0.1) is 25.0 Å². The smallest absolute Gasteiger partial charge is 0.161 e. The van der Waals surface area contributed by atoms with Crippen molar-refractivity contribution in [3.8, 4) is 5.75 Å². The van der Waals surface area contributed by atoms with Gasteiger partial charge in [0.25, 0.3) is 0 Å². The first-order valence-corrected chi connectivity index (χ1v) is 8.30. The first-order chi connectivity index (χ1) is 10.0. The Kier molecular flexibility index (Phi) is 5.31. The molecule has 4 heteroatoms. The third-order valence-electron chi connectivity index (χ3n) is 5.07. The van der Waals surface area contributed by atoms with Crippen molar-refractivity contribution >= 4 is 0 Å². The minimum absolute atomic E-state index is 0.322. The number of hydrogen-bond donors (Lipinski definition) is 1. The molecule has 0 aliphatic heterocycles. The highest BCUT2D eigenvalue weighted by atomic mass is 16.5. The molecule has 0 bridgehead atoms. The summed E-state index contributed by atoms with van der Waals surface area (Å²) in [5, 5.41) is 8.18. The maximum Gasteiger partial charge on any atom is 0.161 e. The van der Waals surface area contributed by atoms with Crippen LogP contribution in [0.3, 0.4) is 0 Å². The molecule has 1 aromatic heterocycles. The summed E-state index contributed by atoms with van der Waals surface area (Å²) in [5.74, 6) is 1.54. The van der Waals surface area contributed by atoms with Crippen LogP contribution in [0.25, 0.3) is 0 Å². The van der Waals surface area contributed by atoms with Crippen molar-refractivity contribution in [2.24, 2.45) is 18.4 Å². The zero-order valence-electron chi connectivity index (χ0n) is 14.3. The van der Waals surface area contributed by atoms with Gasteiger partial charge in [-0.3, -0.25) is 4.68 Å². The Hall–Kier alpha value is -1.03. The summed E-state index contributed by atoms with van der Waals surface area (Å²) in [4.78, 5) is 0. The van der Waals surface area contributed by atoms with Gasteiger partial charge in [-0.2, -0.15) is 5.10 Å². The molecule has 1 heterocycles. The van der Waals surface area contributed by atoms with Gasteiger partial charge in [-0.05, 0) is 37.1 Å². The summed E-state index contributed by atoms with van der Waals surface area (Å²) >= 11 is 0. The molecule has 0 spiro atoms. The van der Waals surface area contributed by atoms with Crippen molar-refractivity contribution in [1.29, 1.82) is 0 Å². The second kappa shape index (κ2) is 6.82. The topological polar surface area (TPSA) is 39.1 Å². The Morgan fingerprint density at radius 2 is 2.24 bits per heavy atom. The van der Waals surface area contributed by atoms with Crippen molar-refractivity contribution in [2.75, 3.05) is 13.7 Å². The zero-order valence-corrected chi connectivity index (χ0v) is 14.3. The van der Waals surface area contributed by atoms with Crippen molar-refractivity contribution in [3.05, 3.63) is 11.9 Å². The van der Waals surface area contributed by atoms with E-state index in [2.05, 4.69) is 31.2 Å². The Morgan fingerprint density at radius 1 is 1.48 bits per heavy atom. The summed E-state index contributed by atoms with van der Waals surface area (Å²) in [6.45, 7) is 8.09. The highest BCUT2D eigenvalue weighted by Crippen LogP contribution is 2.48. The van der Waals surface area contributed by atoms with E-state index < -0.39 is 0 Å². The van der Waals surface area contributed by atoms with E-state index in [0.717, 1.165) is 18.7 Å². The van der Waals surface area contributed by atoms with Crippen molar-refractivity contribution in [3.63, 3.8) is 0 Å². The van der Waals surface area contributed by atoms with E-state index in [1.54, 1.807) is 7.11 Å². The quantitative estimate of drug-likeness (QED) is 0.869. The number of aromatic nitrogens is 2. The first-order valence-electron chi connectivity index (χ1n) is 8.30. The predicted octanol–water partition coefficient (Wildman–Crippen LogP) is 3.69. The fourth-order valence-electron chi connectivity index (χ4n) is 3.81. The number of methoxy groups -OCH3 is 1. The van der Waals surface area contributed by atoms with Crippen LogP contribution in [-0.4, -0.2) is 23.4 Å². The fraction of sp³-hybridized carbons (Fsp3) is 0.824. The van der Waals surface area contributed by atoms with Gasteiger partial charge in [0, 0.05) is 7.05 Å². The van der Waals surface area contributed by atoms with Crippen LogP contribution < -0.4 is 10.1 Å². The second-order valence-electron chi connectivity index (χ2n) is 6.99. The summed E-state index contributed by atoms with van der Waals surface area (Å²) in [6.07, 6.45) is 8.26. The Labute approximate surface area is 129 Å². The number of ether oxygens (including phenoxy) is 1. The van der Waals surface area contributed by atoms with Crippen LogP contribution in [0.4, 0.5) is 0 Å². The summed E-state index contributed by atoms with van der Waals surface area (Å²) in [7, 11) is 3.76. The van der Waals surface area contributed by atoms with Crippen LogP contribution in [0, 0.1) is 11.3 Å². The molecule has 1 fully saturated rings. The molecule has 4 nitrogen and oxygen atoms in total. The van der Waals surface area contributed by atoms with E-state index in [9.17, 15) is 0 Å². The van der Waals surface area contributed by atoms with Crippen molar-refractivity contribution in [2.45, 2.75) is 58.9 Å². The molecule has 120 valence electrons. The van der Waals surface area contributed by atoms with Crippen LogP contribution in [0.1, 0.15) is 64.6 Å². The van der Waals surface area contributed by atoms with Gasteiger partial charge in [0.1, 0.15) is 0 Å². The monoisotopic (exact) mass is 293 g/mol. The standard InChI is InChI=1S/C17H31N3O/c1-6-11-18-15(13-9-7-8-10-17(13,2)3)16-14(21-5)12-19-20(16)4/h12-13,15,18H,6-11H2,1-5H3. The van der Waals surface area contributed by atoms with Crippen LogP contribution in [-0.2, 0) is 7.05 Å². The molecule has 1 saturated carbocycles. The maximum atomic E-state index is 5.56. The highest BCUT2D eigenvalue weighted by molar-refractivity contribution is 5.29. The third kappa shape index (κ3) is 3.42. The van der Waals surface area contributed by atoms with Gasteiger partial charge in [-0.25, -0.2) is 0 Å². The third-order valence-corrected chi connectivity index (χ3v) is 5.07. The molecule has 1 N–H and O–H groups in total. The molecular formula is C17H31N3O. The number of aryl methyl sites for hydroxylation is 1. The number of rotatable bonds is 6. The predicted molar refractivity (Wildman–Crippen MR) is 86.5 cm³/mol. The second-order valence-corrected chi connectivity index (χ2v) is 6.99. The highest BCUT2D eigenvalue weighted by Gasteiger charge is 2.40. The lowest BCUT2D eigenvalue weighted by Crippen LogP contribution is -2.40. The summed E-state index contributed by atoms with van der Waals surface area (Å²) < 4.78 is 7.55. The summed E-state index contributed by atoms with van der Waals surface area (Å²) in [5.41, 5.74) is 1.56. The average molecular weight is 293 g/mol. The Morgan fingerprint density at radius 3 is 2.86 bits per heavy atom. The molecular weight excluding hydrogens is 262 g/mol. The average Bonchev–Trinajstić information content (AvgIpc) is 2.82. The van der Waals surface area contributed by atoms with Gasteiger partial charge < -0.3 is 10.1 Å². The normalized spacial score (nSPS) is 23.0. The molecule has 0 amide bonds. The maximum absolute atomic E-state index is 5.56.